The number of carbonyl (C=O) groups excluding carboxylic acids is 3. The fourth-order valence-electron chi connectivity index (χ4n) is 4.23. The average molecular weight is 534 g/mol. The van der Waals surface area contributed by atoms with E-state index < -0.39 is 23.8 Å². The normalized spacial score (nSPS) is 12.5. The van der Waals surface area contributed by atoms with Crippen LogP contribution in [-0.2, 0) is 20.7 Å². The summed E-state index contributed by atoms with van der Waals surface area (Å²) in [6.07, 6.45) is 8.61. The number of hydrogen-bond donors (Lipinski definition) is 2. The molecule has 2 atom stereocenters. The van der Waals surface area contributed by atoms with E-state index in [-0.39, 0.29) is 18.2 Å². The van der Waals surface area contributed by atoms with Crippen LogP contribution in [0.2, 0.25) is 0 Å². The van der Waals surface area contributed by atoms with Crippen molar-refractivity contribution in [3.05, 3.63) is 71.3 Å². The van der Waals surface area contributed by atoms with Gasteiger partial charge in [0.05, 0.1) is 0 Å². The van der Waals surface area contributed by atoms with Crippen molar-refractivity contribution in [1.82, 2.24) is 15.5 Å². The Hall–Kier alpha value is -3.79. The highest BCUT2D eigenvalue weighted by Gasteiger charge is 2.36. The van der Waals surface area contributed by atoms with Crippen molar-refractivity contribution in [1.29, 1.82) is 0 Å². The van der Waals surface area contributed by atoms with Gasteiger partial charge >= 0.3 is 6.09 Å². The average Bonchev–Trinajstić information content (AvgIpc) is 2.90. The molecule has 7 nitrogen and oxygen atoms in total. The molecule has 2 rings (SSSR count). The summed E-state index contributed by atoms with van der Waals surface area (Å²) in [4.78, 5) is 42.2. The summed E-state index contributed by atoms with van der Waals surface area (Å²) in [6, 6.07) is 14.7. The van der Waals surface area contributed by atoms with E-state index in [0.717, 1.165) is 24.8 Å². The standard InChI is InChI=1S/C32H43N3O4/c1-7-10-14-21-33-29(36)28(26-19-17-24(9-3)18-20-26)35(22-8-2)30(37)27(23-25-15-12-11-13-16-25)34-31(38)39-32(4,5)6/h3,11-13,15-20,27-28H,7-8,10,14,21-23H2,1-2,4-6H3,(H,33,36)(H,34,38). The first-order valence-electron chi connectivity index (χ1n) is 13.8. The van der Waals surface area contributed by atoms with Crippen LogP contribution in [0.15, 0.2) is 54.6 Å². The zero-order valence-electron chi connectivity index (χ0n) is 24.0. The lowest BCUT2D eigenvalue weighted by molar-refractivity contribution is -0.142. The van der Waals surface area contributed by atoms with Crippen LogP contribution in [0, 0.1) is 12.3 Å². The van der Waals surface area contributed by atoms with Crippen LogP contribution >= 0.6 is 0 Å². The molecule has 210 valence electrons. The van der Waals surface area contributed by atoms with Crippen LogP contribution in [0.25, 0.3) is 0 Å². The van der Waals surface area contributed by atoms with Crippen molar-refractivity contribution in [2.75, 3.05) is 13.1 Å². The van der Waals surface area contributed by atoms with Crippen molar-refractivity contribution >= 4 is 17.9 Å². The molecule has 0 aromatic heterocycles. The zero-order valence-corrected chi connectivity index (χ0v) is 24.0. The molecule has 2 N–H and O–H groups in total. The van der Waals surface area contributed by atoms with Gasteiger partial charge in [-0.05, 0) is 56.9 Å². The number of carbonyl (C=O) groups is 3. The molecule has 0 bridgehead atoms. The molecule has 0 aliphatic heterocycles. The zero-order chi connectivity index (χ0) is 28.8. The van der Waals surface area contributed by atoms with Gasteiger partial charge in [0.1, 0.15) is 17.7 Å². The van der Waals surface area contributed by atoms with Crippen LogP contribution in [0.1, 0.15) is 83.0 Å². The molecule has 0 radical (unpaired) electrons. The molecule has 0 spiro atoms. The number of rotatable bonds is 13. The molecule has 0 saturated carbocycles. The van der Waals surface area contributed by atoms with Crippen molar-refractivity contribution in [3.8, 4) is 12.3 Å². The first kappa shape index (κ1) is 31.4. The van der Waals surface area contributed by atoms with E-state index in [2.05, 4.69) is 23.5 Å². The Balaban J connectivity index is 2.47. The number of benzene rings is 2. The lowest BCUT2D eigenvalue weighted by Gasteiger charge is -2.34. The highest BCUT2D eigenvalue weighted by molar-refractivity contribution is 5.92. The number of alkyl carbamates (subject to hydrolysis) is 1. The Bertz CT molecular complexity index is 1100. The topological polar surface area (TPSA) is 87.7 Å². The molecule has 7 heteroatoms. The number of nitrogens with one attached hydrogen (secondary N) is 2. The van der Waals surface area contributed by atoms with Crippen molar-refractivity contribution < 1.29 is 19.1 Å². The second kappa shape index (κ2) is 15.6. The highest BCUT2D eigenvalue weighted by Crippen LogP contribution is 2.24. The van der Waals surface area contributed by atoms with Gasteiger partial charge in [-0.3, -0.25) is 9.59 Å². The minimum Gasteiger partial charge on any atom is -0.444 e. The maximum absolute atomic E-state index is 14.2. The van der Waals surface area contributed by atoms with Crippen LogP contribution in [0.3, 0.4) is 0 Å². The minimum atomic E-state index is -0.936. The summed E-state index contributed by atoms with van der Waals surface area (Å²) >= 11 is 0. The molecule has 0 saturated heterocycles. The predicted octanol–water partition coefficient (Wildman–Crippen LogP) is 5.39. The Morgan fingerprint density at radius 2 is 1.64 bits per heavy atom. The number of ether oxygens (including phenoxy) is 1. The van der Waals surface area contributed by atoms with Gasteiger partial charge in [-0.1, -0.05) is 75.1 Å². The third-order valence-corrected chi connectivity index (χ3v) is 6.05. The van der Waals surface area contributed by atoms with E-state index in [0.29, 0.717) is 30.6 Å². The third-order valence-electron chi connectivity index (χ3n) is 6.05. The van der Waals surface area contributed by atoms with Gasteiger partial charge in [0, 0.05) is 25.1 Å². The molecular formula is C32H43N3O4. The maximum Gasteiger partial charge on any atom is 0.408 e. The van der Waals surface area contributed by atoms with Crippen LogP contribution in [0.5, 0.6) is 0 Å². The molecule has 0 heterocycles. The van der Waals surface area contributed by atoms with Gasteiger partial charge in [-0.25, -0.2) is 4.79 Å². The number of nitrogens with zero attached hydrogens (tertiary/aromatic N) is 1. The summed E-state index contributed by atoms with van der Waals surface area (Å²) < 4.78 is 5.47. The summed E-state index contributed by atoms with van der Waals surface area (Å²) in [6.45, 7) is 10.2. The number of hydrogen-bond acceptors (Lipinski definition) is 4. The monoisotopic (exact) mass is 533 g/mol. The molecule has 0 aliphatic rings. The molecule has 2 aromatic carbocycles. The third kappa shape index (κ3) is 10.5. The Labute approximate surface area is 233 Å². The number of amides is 3. The lowest BCUT2D eigenvalue weighted by atomic mass is 9.99. The van der Waals surface area contributed by atoms with Crippen LogP contribution in [-0.4, -0.2) is 47.5 Å². The van der Waals surface area contributed by atoms with Gasteiger partial charge in [0.15, 0.2) is 0 Å². The second-order valence-electron chi connectivity index (χ2n) is 10.6. The van der Waals surface area contributed by atoms with E-state index in [1.807, 2.05) is 37.3 Å². The van der Waals surface area contributed by atoms with Gasteiger partial charge in [0.2, 0.25) is 11.8 Å². The summed E-state index contributed by atoms with van der Waals surface area (Å²) in [5, 5.41) is 5.79. The fraction of sp³-hybridized carbons (Fsp3) is 0.469. The first-order valence-corrected chi connectivity index (χ1v) is 13.8. The molecule has 0 fully saturated rings. The maximum atomic E-state index is 14.2. The molecule has 3 amide bonds. The quantitative estimate of drug-likeness (QED) is 0.267. The molecular weight excluding hydrogens is 490 g/mol. The van der Waals surface area contributed by atoms with Crippen LogP contribution < -0.4 is 10.6 Å². The predicted molar refractivity (Wildman–Crippen MR) is 155 cm³/mol. The largest absolute Gasteiger partial charge is 0.444 e. The summed E-state index contributed by atoms with van der Waals surface area (Å²) in [5.41, 5.74) is 1.48. The Kier molecular flexibility index (Phi) is 12.6. The van der Waals surface area contributed by atoms with E-state index in [1.54, 1.807) is 49.9 Å². The smallest absolute Gasteiger partial charge is 0.408 e. The van der Waals surface area contributed by atoms with Gasteiger partial charge in [0.25, 0.3) is 0 Å². The second-order valence-corrected chi connectivity index (χ2v) is 10.6. The van der Waals surface area contributed by atoms with Crippen LogP contribution in [0.4, 0.5) is 4.79 Å². The van der Waals surface area contributed by atoms with E-state index >= 15 is 0 Å². The van der Waals surface area contributed by atoms with Crippen molar-refractivity contribution in [2.45, 2.75) is 84.4 Å². The molecule has 39 heavy (non-hydrogen) atoms. The molecule has 2 unspecified atom stereocenters. The molecule has 0 aliphatic carbocycles. The Morgan fingerprint density at radius 1 is 0.974 bits per heavy atom. The van der Waals surface area contributed by atoms with E-state index in [4.69, 9.17) is 11.2 Å². The van der Waals surface area contributed by atoms with Crippen molar-refractivity contribution in [3.63, 3.8) is 0 Å². The minimum absolute atomic E-state index is 0.250. The highest BCUT2D eigenvalue weighted by atomic mass is 16.6. The molecule has 2 aromatic rings. The van der Waals surface area contributed by atoms with Crippen molar-refractivity contribution in [2.24, 2.45) is 0 Å². The summed E-state index contributed by atoms with van der Waals surface area (Å²) in [5.74, 6) is 1.96. The lowest BCUT2D eigenvalue weighted by Crippen LogP contribution is -2.54. The number of terminal acetylenes is 1. The van der Waals surface area contributed by atoms with Gasteiger partial charge in [-0.15, -0.1) is 6.42 Å². The number of unbranched alkanes of at least 4 members (excludes halogenated alkanes) is 2. The first-order chi connectivity index (χ1) is 18.6. The fourth-order valence-corrected chi connectivity index (χ4v) is 4.23. The van der Waals surface area contributed by atoms with Gasteiger partial charge in [-0.2, -0.15) is 0 Å². The Morgan fingerprint density at radius 3 is 2.21 bits per heavy atom. The SMILES string of the molecule is C#Cc1ccc(C(C(=O)NCCCCC)N(CCC)C(=O)C(Cc2ccccc2)NC(=O)OC(C)(C)C)cc1. The summed E-state index contributed by atoms with van der Waals surface area (Å²) in [7, 11) is 0. The van der Waals surface area contributed by atoms with E-state index in [9.17, 15) is 14.4 Å². The van der Waals surface area contributed by atoms with E-state index in [1.165, 1.54) is 0 Å². The van der Waals surface area contributed by atoms with Gasteiger partial charge < -0.3 is 20.3 Å².